The molecule has 0 spiro atoms. The molecule has 1 aliphatic carbocycles. The minimum absolute atomic E-state index is 0.130. The van der Waals surface area contributed by atoms with E-state index >= 15 is 0 Å². The Morgan fingerprint density at radius 2 is 2.08 bits per heavy atom. The highest BCUT2D eigenvalue weighted by Gasteiger charge is 2.51. The van der Waals surface area contributed by atoms with Crippen LogP contribution in [0.25, 0.3) is 0 Å². The average molecular weight is 333 g/mol. The molecule has 1 aliphatic heterocycles. The van der Waals surface area contributed by atoms with Gasteiger partial charge in [0.25, 0.3) is 5.91 Å². The maximum atomic E-state index is 12.6. The monoisotopic (exact) mass is 333 g/mol. The fourth-order valence-corrected chi connectivity index (χ4v) is 3.39. The number of imide groups is 1. The molecular formula is C17H23N3O4. The molecule has 2 heterocycles. The van der Waals surface area contributed by atoms with Crippen LogP contribution in [-0.4, -0.2) is 35.3 Å². The molecule has 1 atom stereocenters. The molecule has 0 aromatic carbocycles. The number of hydrogen-bond acceptors (Lipinski definition) is 4. The molecule has 2 aliphatic rings. The molecule has 130 valence electrons. The van der Waals surface area contributed by atoms with Gasteiger partial charge in [-0.05, 0) is 50.7 Å². The summed E-state index contributed by atoms with van der Waals surface area (Å²) in [4.78, 5) is 37.9. The van der Waals surface area contributed by atoms with Crippen molar-refractivity contribution >= 4 is 17.8 Å². The van der Waals surface area contributed by atoms with Gasteiger partial charge < -0.3 is 15.1 Å². The Bertz CT molecular complexity index is 634. The summed E-state index contributed by atoms with van der Waals surface area (Å²) < 4.78 is 5.26. The molecule has 1 saturated carbocycles. The third kappa shape index (κ3) is 3.02. The van der Waals surface area contributed by atoms with Crippen LogP contribution in [0.15, 0.2) is 22.8 Å². The number of nitrogens with zero attached hydrogens (tertiary/aromatic N) is 1. The van der Waals surface area contributed by atoms with E-state index < -0.39 is 17.5 Å². The number of urea groups is 1. The minimum Gasteiger partial charge on any atom is -0.466 e. The molecule has 1 unspecified atom stereocenters. The Kier molecular flexibility index (Phi) is 4.34. The Morgan fingerprint density at radius 1 is 1.38 bits per heavy atom. The summed E-state index contributed by atoms with van der Waals surface area (Å²) in [5.74, 6) is 0.264. The number of rotatable bonds is 4. The third-order valence-corrected chi connectivity index (χ3v) is 4.97. The van der Waals surface area contributed by atoms with Crippen LogP contribution in [0.5, 0.6) is 0 Å². The number of nitrogens with one attached hydrogen (secondary N) is 2. The van der Waals surface area contributed by atoms with Crippen molar-refractivity contribution in [3.8, 4) is 0 Å². The average Bonchev–Trinajstić information content (AvgIpc) is 3.14. The summed E-state index contributed by atoms with van der Waals surface area (Å²) in [5.41, 5.74) is -1.26. The molecule has 3 rings (SSSR count). The van der Waals surface area contributed by atoms with E-state index in [1.54, 1.807) is 19.1 Å². The molecular weight excluding hydrogens is 310 g/mol. The van der Waals surface area contributed by atoms with Gasteiger partial charge in [-0.15, -0.1) is 0 Å². The number of amides is 4. The van der Waals surface area contributed by atoms with Crippen LogP contribution < -0.4 is 10.6 Å². The van der Waals surface area contributed by atoms with E-state index in [-0.39, 0.29) is 18.5 Å². The Balaban J connectivity index is 1.62. The molecule has 4 amide bonds. The van der Waals surface area contributed by atoms with E-state index in [1.165, 1.54) is 6.26 Å². The van der Waals surface area contributed by atoms with Crippen LogP contribution in [0, 0.1) is 5.92 Å². The third-order valence-electron chi connectivity index (χ3n) is 4.97. The number of carbonyl (C=O) groups excluding carboxylic acids is 3. The van der Waals surface area contributed by atoms with Crippen molar-refractivity contribution < 1.29 is 18.8 Å². The minimum atomic E-state index is -1.26. The molecule has 24 heavy (non-hydrogen) atoms. The maximum Gasteiger partial charge on any atom is 0.325 e. The highest BCUT2D eigenvalue weighted by molar-refractivity contribution is 6.08. The molecule has 1 aromatic heterocycles. The largest absolute Gasteiger partial charge is 0.466 e. The van der Waals surface area contributed by atoms with Crippen molar-refractivity contribution in [1.29, 1.82) is 0 Å². The molecule has 1 saturated heterocycles. The zero-order chi connectivity index (χ0) is 17.3. The summed E-state index contributed by atoms with van der Waals surface area (Å²) >= 11 is 0. The zero-order valence-corrected chi connectivity index (χ0v) is 14.0. The van der Waals surface area contributed by atoms with E-state index in [2.05, 4.69) is 17.6 Å². The molecule has 0 bridgehead atoms. The quantitative estimate of drug-likeness (QED) is 0.821. The second-order valence-corrected chi connectivity index (χ2v) is 6.95. The molecule has 0 radical (unpaired) electrons. The fourth-order valence-electron chi connectivity index (χ4n) is 3.39. The van der Waals surface area contributed by atoms with Crippen LogP contribution in [0.2, 0.25) is 0 Å². The van der Waals surface area contributed by atoms with Crippen molar-refractivity contribution in [2.24, 2.45) is 5.92 Å². The molecule has 7 heteroatoms. The lowest BCUT2D eigenvalue weighted by atomic mass is 9.87. The molecule has 2 N–H and O–H groups in total. The van der Waals surface area contributed by atoms with Crippen LogP contribution in [-0.2, 0) is 15.1 Å². The first-order valence-electron chi connectivity index (χ1n) is 8.37. The highest BCUT2D eigenvalue weighted by atomic mass is 16.3. The highest BCUT2D eigenvalue weighted by Crippen LogP contribution is 2.29. The second kappa shape index (κ2) is 6.30. The molecule has 2 fully saturated rings. The first-order valence-corrected chi connectivity index (χ1v) is 8.37. The standard InChI is InChI=1S/C17H23N3O4/c1-11-5-7-12(8-6-11)18-14(21)10-20-15(22)17(2,19-16(20)23)13-4-3-9-24-13/h3-4,9,11-12H,5-8,10H2,1-2H3,(H,18,21)(H,19,23). The predicted octanol–water partition coefficient (Wildman–Crippen LogP) is 1.74. The summed E-state index contributed by atoms with van der Waals surface area (Å²) in [7, 11) is 0. The SMILES string of the molecule is CC1CCC(NC(=O)CN2C(=O)NC(C)(c3ccco3)C2=O)CC1. The lowest BCUT2D eigenvalue weighted by Crippen LogP contribution is -2.46. The van der Waals surface area contributed by atoms with Crippen molar-refractivity contribution in [3.63, 3.8) is 0 Å². The van der Waals surface area contributed by atoms with Gasteiger partial charge in [0.2, 0.25) is 5.91 Å². The van der Waals surface area contributed by atoms with E-state index in [4.69, 9.17) is 4.42 Å². The normalized spacial score (nSPS) is 30.3. The summed E-state index contributed by atoms with van der Waals surface area (Å²) in [5, 5.41) is 5.54. The zero-order valence-electron chi connectivity index (χ0n) is 14.0. The lowest BCUT2D eigenvalue weighted by Gasteiger charge is -2.27. The number of furan rings is 1. The first-order chi connectivity index (χ1) is 11.4. The van der Waals surface area contributed by atoms with Crippen molar-refractivity contribution in [3.05, 3.63) is 24.2 Å². The van der Waals surface area contributed by atoms with Crippen molar-refractivity contribution in [1.82, 2.24) is 15.5 Å². The van der Waals surface area contributed by atoms with E-state index in [0.29, 0.717) is 11.7 Å². The van der Waals surface area contributed by atoms with E-state index in [0.717, 1.165) is 30.6 Å². The predicted molar refractivity (Wildman–Crippen MR) is 85.9 cm³/mol. The molecule has 7 nitrogen and oxygen atoms in total. The van der Waals surface area contributed by atoms with Gasteiger partial charge in [-0.2, -0.15) is 0 Å². The van der Waals surface area contributed by atoms with Gasteiger partial charge in [-0.3, -0.25) is 14.5 Å². The van der Waals surface area contributed by atoms with Crippen LogP contribution in [0.1, 0.15) is 45.3 Å². The summed E-state index contributed by atoms with van der Waals surface area (Å²) in [6.45, 7) is 3.51. The van der Waals surface area contributed by atoms with Crippen molar-refractivity contribution in [2.75, 3.05) is 6.54 Å². The fraction of sp³-hybridized carbons (Fsp3) is 0.588. The Morgan fingerprint density at radius 3 is 2.71 bits per heavy atom. The van der Waals surface area contributed by atoms with E-state index in [9.17, 15) is 14.4 Å². The summed E-state index contributed by atoms with van der Waals surface area (Å²) in [6.07, 6.45) is 5.50. The van der Waals surface area contributed by atoms with Gasteiger partial charge in [0, 0.05) is 6.04 Å². The second-order valence-electron chi connectivity index (χ2n) is 6.95. The number of carbonyl (C=O) groups is 3. The van der Waals surface area contributed by atoms with Gasteiger partial charge in [0.1, 0.15) is 12.3 Å². The first kappa shape index (κ1) is 16.5. The van der Waals surface area contributed by atoms with Crippen LogP contribution in [0.4, 0.5) is 4.79 Å². The van der Waals surface area contributed by atoms with E-state index in [1.807, 2.05) is 0 Å². The van der Waals surface area contributed by atoms with Crippen LogP contribution in [0.3, 0.4) is 0 Å². The van der Waals surface area contributed by atoms with Gasteiger partial charge in [-0.1, -0.05) is 6.92 Å². The van der Waals surface area contributed by atoms with Gasteiger partial charge in [-0.25, -0.2) is 4.79 Å². The molecule has 1 aromatic rings. The summed E-state index contributed by atoms with van der Waals surface area (Å²) in [6, 6.07) is 2.84. The Hall–Kier alpha value is -2.31. The smallest absolute Gasteiger partial charge is 0.325 e. The number of hydrogen-bond donors (Lipinski definition) is 2. The Labute approximate surface area is 140 Å². The maximum absolute atomic E-state index is 12.6. The topological polar surface area (TPSA) is 91.7 Å². The van der Waals surface area contributed by atoms with Gasteiger partial charge in [0.05, 0.1) is 6.26 Å². The lowest BCUT2D eigenvalue weighted by molar-refractivity contribution is -0.135. The van der Waals surface area contributed by atoms with Crippen molar-refractivity contribution in [2.45, 2.75) is 51.1 Å². The van der Waals surface area contributed by atoms with Crippen LogP contribution >= 0.6 is 0 Å². The van der Waals surface area contributed by atoms with Gasteiger partial charge >= 0.3 is 6.03 Å². The van der Waals surface area contributed by atoms with Gasteiger partial charge in [0.15, 0.2) is 5.54 Å².